The van der Waals surface area contributed by atoms with Gasteiger partial charge in [-0.1, -0.05) is 6.07 Å². The summed E-state index contributed by atoms with van der Waals surface area (Å²) in [6, 6.07) is 11.7. The molecule has 7 rings (SSSR count). The zero-order valence-electron chi connectivity index (χ0n) is 20.4. The SMILES string of the molecule is Cc1cncc(CN2C3CC2CN(c2ccc(-c4nc(C)cc(Cc5cc(C)[nH]n5)n4)cn2)C3)c1. The quantitative estimate of drug-likeness (QED) is 0.464. The summed E-state index contributed by atoms with van der Waals surface area (Å²) in [4.78, 5) is 23.6. The molecule has 2 unspecified atom stereocenters. The normalized spacial score (nSPS) is 19.6. The van der Waals surface area contributed by atoms with Crippen molar-refractivity contribution < 1.29 is 0 Å². The van der Waals surface area contributed by atoms with Crippen molar-refractivity contribution in [2.24, 2.45) is 0 Å². The van der Waals surface area contributed by atoms with Crippen molar-refractivity contribution in [3.05, 3.63) is 82.8 Å². The molecule has 0 saturated carbocycles. The Morgan fingerprint density at radius 3 is 2.51 bits per heavy atom. The zero-order valence-corrected chi connectivity index (χ0v) is 20.4. The molecule has 0 amide bonds. The van der Waals surface area contributed by atoms with Gasteiger partial charge in [0.2, 0.25) is 0 Å². The van der Waals surface area contributed by atoms with Crippen LogP contribution in [-0.4, -0.2) is 60.2 Å². The van der Waals surface area contributed by atoms with E-state index in [1.807, 2.05) is 38.5 Å². The van der Waals surface area contributed by atoms with Gasteiger partial charge in [0.15, 0.2) is 5.82 Å². The van der Waals surface area contributed by atoms with Crippen LogP contribution in [0.2, 0.25) is 0 Å². The lowest BCUT2D eigenvalue weighted by Gasteiger charge is -2.56. The van der Waals surface area contributed by atoms with Gasteiger partial charge in [0.25, 0.3) is 0 Å². The molecule has 4 aromatic rings. The number of nitrogens with one attached hydrogen (secondary N) is 1. The number of aromatic nitrogens is 6. The third kappa shape index (κ3) is 4.53. The molecule has 0 aromatic carbocycles. The zero-order chi connectivity index (χ0) is 23.9. The minimum Gasteiger partial charge on any atom is -0.353 e. The van der Waals surface area contributed by atoms with E-state index in [4.69, 9.17) is 9.97 Å². The summed E-state index contributed by atoms with van der Waals surface area (Å²) >= 11 is 0. The van der Waals surface area contributed by atoms with Crippen molar-refractivity contribution in [1.29, 1.82) is 0 Å². The van der Waals surface area contributed by atoms with Gasteiger partial charge in [-0.3, -0.25) is 15.0 Å². The molecular weight excluding hydrogens is 436 g/mol. The molecule has 7 heterocycles. The number of aromatic amines is 1. The van der Waals surface area contributed by atoms with Crippen LogP contribution in [0.3, 0.4) is 0 Å². The minimum absolute atomic E-state index is 0.573. The molecule has 0 spiro atoms. The smallest absolute Gasteiger partial charge is 0.161 e. The highest BCUT2D eigenvalue weighted by Gasteiger charge is 2.44. The first-order valence-corrected chi connectivity index (χ1v) is 12.2. The van der Waals surface area contributed by atoms with Gasteiger partial charge >= 0.3 is 0 Å². The fourth-order valence-electron chi connectivity index (χ4n) is 5.36. The van der Waals surface area contributed by atoms with E-state index in [0.717, 1.165) is 53.8 Å². The summed E-state index contributed by atoms with van der Waals surface area (Å²) in [5.41, 5.74) is 7.40. The molecule has 0 aliphatic carbocycles. The largest absolute Gasteiger partial charge is 0.353 e. The number of anilines is 1. The van der Waals surface area contributed by atoms with E-state index >= 15 is 0 Å². The number of aryl methyl sites for hydroxylation is 3. The second-order valence-electron chi connectivity index (χ2n) is 9.94. The van der Waals surface area contributed by atoms with E-state index in [-0.39, 0.29) is 0 Å². The van der Waals surface area contributed by atoms with E-state index in [9.17, 15) is 0 Å². The maximum Gasteiger partial charge on any atom is 0.161 e. The number of hydrogen-bond acceptors (Lipinski definition) is 7. The van der Waals surface area contributed by atoms with Crippen molar-refractivity contribution in [1.82, 2.24) is 35.0 Å². The van der Waals surface area contributed by atoms with Crippen LogP contribution < -0.4 is 4.90 Å². The Hall–Kier alpha value is -3.65. The molecule has 2 bridgehead atoms. The van der Waals surface area contributed by atoms with Crippen LogP contribution in [0.25, 0.3) is 11.4 Å². The van der Waals surface area contributed by atoms with Crippen LogP contribution in [0.4, 0.5) is 5.82 Å². The molecule has 3 fully saturated rings. The Kier molecular flexibility index (Phi) is 5.53. The van der Waals surface area contributed by atoms with Gasteiger partial charge in [-0.05, 0) is 62.6 Å². The molecule has 3 aliphatic heterocycles. The van der Waals surface area contributed by atoms with Crippen LogP contribution in [0.1, 0.15) is 40.3 Å². The minimum atomic E-state index is 0.573. The number of rotatable bonds is 6. The summed E-state index contributed by atoms with van der Waals surface area (Å²) in [5.74, 6) is 1.74. The number of piperazine rings is 1. The molecular formula is C27H30N8. The molecule has 178 valence electrons. The summed E-state index contributed by atoms with van der Waals surface area (Å²) in [5, 5.41) is 7.34. The second-order valence-corrected chi connectivity index (χ2v) is 9.94. The molecule has 1 N–H and O–H groups in total. The molecule has 8 nitrogen and oxygen atoms in total. The molecule has 3 aliphatic rings. The summed E-state index contributed by atoms with van der Waals surface area (Å²) in [7, 11) is 0. The molecule has 35 heavy (non-hydrogen) atoms. The average Bonchev–Trinajstić information content (AvgIpc) is 3.26. The van der Waals surface area contributed by atoms with Crippen molar-refractivity contribution in [3.8, 4) is 11.4 Å². The monoisotopic (exact) mass is 466 g/mol. The predicted molar refractivity (Wildman–Crippen MR) is 135 cm³/mol. The third-order valence-electron chi connectivity index (χ3n) is 7.00. The van der Waals surface area contributed by atoms with Gasteiger partial charge in [0.05, 0.1) is 11.4 Å². The lowest BCUT2D eigenvalue weighted by atomic mass is 9.87. The number of pyridine rings is 2. The fourth-order valence-corrected chi connectivity index (χ4v) is 5.36. The first-order valence-electron chi connectivity index (χ1n) is 12.2. The summed E-state index contributed by atoms with van der Waals surface area (Å²) < 4.78 is 0. The Balaban J connectivity index is 1.13. The van der Waals surface area contributed by atoms with Crippen LogP contribution in [0.5, 0.6) is 0 Å². The fraction of sp³-hybridized carbons (Fsp3) is 0.370. The van der Waals surface area contributed by atoms with Gasteiger partial charge in [-0.25, -0.2) is 15.0 Å². The number of hydrogen-bond donors (Lipinski definition) is 1. The second kappa shape index (κ2) is 8.85. The van der Waals surface area contributed by atoms with Crippen molar-refractivity contribution >= 4 is 5.82 Å². The predicted octanol–water partition coefficient (Wildman–Crippen LogP) is 3.64. The maximum atomic E-state index is 4.80. The Morgan fingerprint density at radius 2 is 1.80 bits per heavy atom. The number of H-pyrrole nitrogens is 1. The highest BCUT2D eigenvalue weighted by molar-refractivity contribution is 5.57. The highest BCUT2D eigenvalue weighted by atomic mass is 15.4. The standard InChI is InChI=1S/C27H30N8/c1-17-6-20(12-28-11-17)14-35-24-10-25(35)16-34(15-24)26-5-4-21(13-29-26)27-30-18(2)7-22(31-27)9-23-8-19(3)32-33-23/h4-8,11-13,24-25H,9-10,14-16H2,1-3H3,(H,32,33). The van der Waals surface area contributed by atoms with E-state index in [1.54, 1.807) is 0 Å². The number of fused-ring (bicyclic) bond motifs is 2. The molecule has 4 aromatic heterocycles. The van der Waals surface area contributed by atoms with Gasteiger partial charge < -0.3 is 4.90 Å². The molecule has 3 saturated heterocycles. The molecule has 8 heteroatoms. The third-order valence-corrected chi connectivity index (χ3v) is 7.00. The average molecular weight is 467 g/mol. The van der Waals surface area contributed by atoms with Gasteiger partial charge in [-0.15, -0.1) is 0 Å². The maximum absolute atomic E-state index is 4.80. The Labute approximate surface area is 205 Å². The van der Waals surface area contributed by atoms with E-state index in [0.29, 0.717) is 24.3 Å². The Morgan fingerprint density at radius 1 is 0.943 bits per heavy atom. The topological polar surface area (TPSA) is 86.7 Å². The lowest BCUT2D eigenvalue weighted by molar-refractivity contribution is -0.00876. The van der Waals surface area contributed by atoms with Crippen LogP contribution >= 0.6 is 0 Å². The highest BCUT2D eigenvalue weighted by Crippen LogP contribution is 2.35. The van der Waals surface area contributed by atoms with Gasteiger partial charge in [-0.2, -0.15) is 5.10 Å². The molecule has 0 radical (unpaired) electrons. The summed E-state index contributed by atoms with van der Waals surface area (Å²) in [6.07, 6.45) is 7.76. The van der Waals surface area contributed by atoms with E-state index in [2.05, 4.69) is 61.2 Å². The van der Waals surface area contributed by atoms with Crippen LogP contribution in [-0.2, 0) is 13.0 Å². The van der Waals surface area contributed by atoms with Crippen molar-refractivity contribution in [2.75, 3.05) is 18.0 Å². The van der Waals surface area contributed by atoms with E-state index < -0.39 is 0 Å². The van der Waals surface area contributed by atoms with Crippen LogP contribution in [0, 0.1) is 20.8 Å². The summed E-state index contributed by atoms with van der Waals surface area (Å²) in [6.45, 7) is 9.12. The first kappa shape index (κ1) is 21.9. The number of piperidine rings is 1. The Bertz CT molecular complexity index is 1330. The van der Waals surface area contributed by atoms with Gasteiger partial charge in [0.1, 0.15) is 5.82 Å². The van der Waals surface area contributed by atoms with E-state index in [1.165, 1.54) is 17.5 Å². The van der Waals surface area contributed by atoms with Gasteiger partial charge in [0, 0.05) is 73.7 Å². The van der Waals surface area contributed by atoms with Crippen molar-refractivity contribution in [3.63, 3.8) is 0 Å². The van der Waals surface area contributed by atoms with Crippen LogP contribution in [0.15, 0.2) is 48.9 Å². The first-order chi connectivity index (χ1) is 17.0. The number of nitrogens with zero attached hydrogens (tertiary/aromatic N) is 7. The lowest BCUT2D eigenvalue weighted by Crippen LogP contribution is -2.68. The van der Waals surface area contributed by atoms with Crippen molar-refractivity contribution in [2.45, 2.75) is 52.2 Å². The molecule has 2 atom stereocenters.